The van der Waals surface area contributed by atoms with Gasteiger partial charge in [-0.2, -0.15) is 4.31 Å². The van der Waals surface area contributed by atoms with Crippen LogP contribution in [0.2, 0.25) is 0 Å². The summed E-state index contributed by atoms with van der Waals surface area (Å²) in [6.07, 6.45) is 0. The van der Waals surface area contributed by atoms with Crippen LogP contribution >= 0.6 is 0 Å². The number of nitrogens with zero attached hydrogens (tertiary/aromatic N) is 3. The molecule has 3 amide bonds. The zero-order valence-corrected chi connectivity index (χ0v) is 18.2. The van der Waals surface area contributed by atoms with Crippen LogP contribution in [0.15, 0.2) is 47.4 Å². The molecule has 1 saturated heterocycles. The number of aryl methyl sites for hydroxylation is 2. The minimum Gasteiger partial charge on any atom is -0.338 e. The molecular formula is C22H23N3O5S. The van der Waals surface area contributed by atoms with Crippen LogP contribution < -0.4 is 0 Å². The van der Waals surface area contributed by atoms with Gasteiger partial charge in [0.25, 0.3) is 11.8 Å². The number of hydrogen-bond acceptors (Lipinski definition) is 5. The van der Waals surface area contributed by atoms with Crippen LogP contribution in [0, 0.1) is 13.8 Å². The number of rotatable bonds is 4. The molecule has 0 aromatic heterocycles. The summed E-state index contributed by atoms with van der Waals surface area (Å²) in [7, 11) is -3.65. The SMILES string of the molecule is Cc1ccc(S(=O)(=O)N2CCN(C(=O)CN3C(=O)c4ccccc4C3=O)CC2)cc1C. The molecule has 0 atom stereocenters. The predicted molar refractivity (Wildman–Crippen MR) is 113 cm³/mol. The standard InChI is InChI=1S/C22H23N3O5S/c1-15-7-8-17(13-16(15)2)31(29,30)24-11-9-23(10-12-24)20(26)14-25-21(27)18-5-3-4-6-19(18)22(25)28/h3-8,13H,9-12,14H2,1-2H3. The first-order valence-corrected chi connectivity index (χ1v) is 11.4. The molecule has 2 aromatic rings. The average Bonchev–Trinajstić information content (AvgIpc) is 3.00. The van der Waals surface area contributed by atoms with Crippen molar-refractivity contribution in [3.05, 3.63) is 64.7 Å². The van der Waals surface area contributed by atoms with Gasteiger partial charge in [-0.25, -0.2) is 8.42 Å². The number of amides is 3. The molecule has 1 fully saturated rings. The van der Waals surface area contributed by atoms with Crippen molar-refractivity contribution in [2.24, 2.45) is 0 Å². The summed E-state index contributed by atoms with van der Waals surface area (Å²) < 4.78 is 27.2. The van der Waals surface area contributed by atoms with Gasteiger partial charge in [0.05, 0.1) is 16.0 Å². The Bertz CT molecular complexity index is 1150. The topological polar surface area (TPSA) is 95.1 Å². The van der Waals surface area contributed by atoms with Crippen molar-refractivity contribution in [1.29, 1.82) is 0 Å². The van der Waals surface area contributed by atoms with Gasteiger partial charge < -0.3 is 4.90 Å². The van der Waals surface area contributed by atoms with E-state index in [1.54, 1.807) is 42.5 Å². The molecule has 162 valence electrons. The predicted octanol–water partition coefficient (Wildman–Crippen LogP) is 1.43. The second-order valence-corrected chi connectivity index (χ2v) is 9.71. The highest BCUT2D eigenvalue weighted by Gasteiger charge is 2.38. The van der Waals surface area contributed by atoms with Gasteiger partial charge in [0.1, 0.15) is 6.54 Å². The first kappa shape index (κ1) is 21.2. The van der Waals surface area contributed by atoms with E-state index in [1.165, 1.54) is 9.21 Å². The molecule has 0 radical (unpaired) electrons. The Morgan fingerprint density at radius 3 is 2.00 bits per heavy atom. The number of hydrogen-bond donors (Lipinski definition) is 0. The van der Waals surface area contributed by atoms with Gasteiger partial charge in [0, 0.05) is 26.2 Å². The number of benzene rings is 2. The van der Waals surface area contributed by atoms with Gasteiger partial charge in [0.2, 0.25) is 15.9 Å². The first-order chi connectivity index (χ1) is 14.7. The lowest BCUT2D eigenvalue weighted by atomic mass is 10.1. The van der Waals surface area contributed by atoms with E-state index in [4.69, 9.17) is 0 Å². The number of imide groups is 1. The van der Waals surface area contributed by atoms with E-state index in [2.05, 4.69) is 0 Å². The molecule has 2 aromatic carbocycles. The Kier molecular flexibility index (Phi) is 5.40. The molecule has 2 aliphatic rings. The maximum Gasteiger partial charge on any atom is 0.262 e. The Hall–Kier alpha value is -3.04. The molecule has 2 aliphatic heterocycles. The highest BCUT2D eigenvalue weighted by Crippen LogP contribution is 2.23. The smallest absolute Gasteiger partial charge is 0.262 e. The Balaban J connectivity index is 1.40. The van der Waals surface area contributed by atoms with E-state index >= 15 is 0 Å². The summed E-state index contributed by atoms with van der Waals surface area (Å²) in [5.74, 6) is -1.34. The maximum atomic E-state index is 12.9. The van der Waals surface area contributed by atoms with Crippen LogP contribution in [0.1, 0.15) is 31.8 Å². The zero-order chi connectivity index (χ0) is 22.3. The lowest BCUT2D eigenvalue weighted by Gasteiger charge is -2.34. The number of carbonyl (C=O) groups is 3. The van der Waals surface area contributed by atoms with Crippen LogP contribution in [0.25, 0.3) is 0 Å². The molecular weight excluding hydrogens is 418 g/mol. The third-order valence-corrected chi connectivity index (χ3v) is 7.77. The average molecular weight is 442 g/mol. The number of fused-ring (bicyclic) bond motifs is 1. The van der Waals surface area contributed by atoms with Crippen molar-refractivity contribution in [2.75, 3.05) is 32.7 Å². The van der Waals surface area contributed by atoms with Crippen molar-refractivity contribution in [3.63, 3.8) is 0 Å². The number of piperazine rings is 1. The van der Waals surface area contributed by atoms with Crippen molar-refractivity contribution >= 4 is 27.7 Å². The van der Waals surface area contributed by atoms with E-state index < -0.39 is 21.8 Å². The second kappa shape index (κ2) is 7.90. The van der Waals surface area contributed by atoms with Crippen LogP contribution in [0.3, 0.4) is 0 Å². The fourth-order valence-electron chi connectivity index (χ4n) is 3.82. The molecule has 0 unspecified atom stereocenters. The quantitative estimate of drug-likeness (QED) is 0.669. The minimum absolute atomic E-state index is 0.156. The Morgan fingerprint density at radius 2 is 1.45 bits per heavy atom. The van der Waals surface area contributed by atoms with Gasteiger partial charge >= 0.3 is 0 Å². The fraction of sp³-hybridized carbons (Fsp3) is 0.318. The highest BCUT2D eigenvalue weighted by molar-refractivity contribution is 7.89. The molecule has 0 N–H and O–H groups in total. The lowest BCUT2D eigenvalue weighted by Crippen LogP contribution is -2.53. The third-order valence-electron chi connectivity index (χ3n) is 5.88. The van der Waals surface area contributed by atoms with E-state index in [0.717, 1.165) is 16.0 Å². The monoisotopic (exact) mass is 441 g/mol. The van der Waals surface area contributed by atoms with E-state index in [9.17, 15) is 22.8 Å². The second-order valence-electron chi connectivity index (χ2n) is 7.77. The van der Waals surface area contributed by atoms with Gasteiger partial charge in [-0.3, -0.25) is 19.3 Å². The molecule has 0 saturated carbocycles. The Labute approximate surface area is 181 Å². The summed E-state index contributed by atoms with van der Waals surface area (Å²) >= 11 is 0. The summed E-state index contributed by atoms with van der Waals surface area (Å²) in [4.78, 5) is 40.3. The molecule has 31 heavy (non-hydrogen) atoms. The summed E-state index contributed by atoms with van der Waals surface area (Å²) in [5, 5.41) is 0. The largest absolute Gasteiger partial charge is 0.338 e. The lowest BCUT2D eigenvalue weighted by molar-refractivity contribution is -0.132. The highest BCUT2D eigenvalue weighted by atomic mass is 32.2. The van der Waals surface area contributed by atoms with Crippen molar-refractivity contribution in [1.82, 2.24) is 14.1 Å². The summed E-state index contributed by atoms with van der Waals surface area (Å²) in [6, 6.07) is 11.5. The van der Waals surface area contributed by atoms with Gasteiger partial charge in [-0.15, -0.1) is 0 Å². The van der Waals surface area contributed by atoms with Crippen LogP contribution in [-0.2, 0) is 14.8 Å². The van der Waals surface area contributed by atoms with E-state index in [-0.39, 0.29) is 43.5 Å². The number of carbonyl (C=O) groups excluding carboxylic acids is 3. The summed E-state index contributed by atoms with van der Waals surface area (Å²) in [6.45, 7) is 4.15. The molecule has 4 rings (SSSR count). The van der Waals surface area contributed by atoms with E-state index in [1.807, 2.05) is 13.8 Å². The van der Waals surface area contributed by atoms with E-state index in [0.29, 0.717) is 11.1 Å². The molecule has 0 aliphatic carbocycles. The first-order valence-electron chi connectivity index (χ1n) is 10.0. The molecule has 2 heterocycles. The third kappa shape index (κ3) is 3.75. The number of sulfonamides is 1. The van der Waals surface area contributed by atoms with Gasteiger partial charge in [-0.1, -0.05) is 18.2 Å². The zero-order valence-electron chi connectivity index (χ0n) is 17.4. The summed E-state index contributed by atoms with van der Waals surface area (Å²) in [5.41, 5.74) is 2.51. The van der Waals surface area contributed by atoms with Gasteiger partial charge in [-0.05, 0) is 49.2 Å². The van der Waals surface area contributed by atoms with Crippen molar-refractivity contribution < 1.29 is 22.8 Å². The molecule has 9 heteroatoms. The van der Waals surface area contributed by atoms with Crippen LogP contribution in [-0.4, -0.2) is 73.0 Å². The minimum atomic E-state index is -3.65. The maximum absolute atomic E-state index is 12.9. The van der Waals surface area contributed by atoms with Gasteiger partial charge in [0.15, 0.2) is 0 Å². The Morgan fingerprint density at radius 1 is 0.871 bits per heavy atom. The van der Waals surface area contributed by atoms with Crippen molar-refractivity contribution in [2.45, 2.75) is 18.7 Å². The van der Waals surface area contributed by atoms with Crippen molar-refractivity contribution in [3.8, 4) is 0 Å². The molecule has 0 bridgehead atoms. The van der Waals surface area contributed by atoms with Crippen LogP contribution in [0.5, 0.6) is 0 Å². The molecule has 8 nitrogen and oxygen atoms in total. The fourth-order valence-corrected chi connectivity index (χ4v) is 5.33. The van der Waals surface area contributed by atoms with Crippen LogP contribution in [0.4, 0.5) is 0 Å². The normalized spacial score (nSPS) is 17.2. The molecule has 0 spiro atoms.